The van der Waals surface area contributed by atoms with Gasteiger partial charge in [0.15, 0.2) is 9.84 Å². The largest absolute Gasteiger partial charge is 0.379 e. The molecule has 8 rings (SSSR count). The number of carbonyl (C=O) groups is 3. The number of anilines is 1. The zero-order chi connectivity index (χ0) is 49.2. The summed E-state index contributed by atoms with van der Waals surface area (Å²) in [5, 5.41) is 18.3. The van der Waals surface area contributed by atoms with E-state index in [0.29, 0.717) is 46.3 Å². The molecule has 4 aromatic rings. The van der Waals surface area contributed by atoms with Crippen molar-refractivity contribution in [3.8, 4) is 11.8 Å². The minimum atomic E-state index is -3.56. The number of hydrogen-bond donors (Lipinski definition) is 3. The molecule has 5 atom stereocenters. The molecule has 3 saturated heterocycles. The minimum absolute atomic E-state index is 0.114. The van der Waals surface area contributed by atoms with Gasteiger partial charge in [-0.1, -0.05) is 80.1 Å². The predicted octanol–water partition coefficient (Wildman–Crippen LogP) is 8.62. The summed E-state index contributed by atoms with van der Waals surface area (Å²) in [4.78, 5) is 49.8. The van der Waals surface area contributed by atoms with Gasteiger partial charge < -0.3 is 14.9 Å². The van der Waals surface area contributed by atoms with E-state index in [2.05, 4.69) is 32.4 Å². The average Bonchev–Trinajstić information content (AvgIpc) is 3.72. The molecule has 4 amide bonds. The molecule has 2 aromatic heterocycles. The lowest BCUT2D eigenvalue weighted by atomic mass is 9.66. The molecular weight excluding hydrogens is 934 g/mol. The molecule has 1 saturated carbocycles. The number of imidazole rings is 1. The fraction of sp³-hybridized carbons (Fsp3) is 0.547. The molecule has 5 heterocycles. The van der Waals surface area contributed by atoms with E-state index in [-0.39, 0.29) is 48.3 Å². The number of urea groups is 1. The highest BCUT2D eigenvalue weighted by molar-refractivity contribution is 7.92. The van der Waals surface area contributed by atoms with Crippen LogP contribution in [0.2, 0.25) is 10.0 Å². The Hall–Kier alpha value is -4.49. The number of piperidine rings is 2. The SMILES string of the molecule is CC(C)[C@@H](CS(=O)(=O)C(C)C)N1C(=O)[C@@](C)(CC(O)NC2CCC(CN3CCC(C#Cc4ccn5c(N6CCC(=O)NC6=O)cnc5c4)CC3)CC2)C[C@H](c2cccc(Cl)c2)[C@H]1c1ccc(Cl)cc1. The molecule has 69 heavy (non-hydrogen) atoms. The Bertz CT molecular complexity index is 2670. The quantitative estimate of drug-likeness (QED) is 0.0832. The van der Waals surface area contributed by atoms with Gasteiger partial charge >= 0.3 is 6.03 Å². The number of halogens is 2. The number of sulfone groups is 1. The van der Waals surface area contributed by atoms with Crippen LogP contribution in [-0.2, 0) is 19.4 Å². The van der Waals surface area contributed by atoms with Crippen molar-refractivity contribution in [2.75, 3.05) is 36.8 Å². The maximum absolute atomic E-state index is 15.3. The van der Waals surface area contributed by atoms with E-state index in [1.165, 1.54) is 4.90 Å². The van der Waals surface area contributed by atoms with E-state index in [1.807, 2.05) is 96.9 Å². The van der Waals surface area contributed by atoms with Crippen LogP contribution >= 0.6 is 23.2 Å². The second-order valence-electron chi connectivity index (χ2n) is 20.8. The van der Waals surface area contributed by atoms with E-state index in [0.717, 1.165) is 74.8 Å². The van der Waals surface area contributed by atoms with Crippen molar-refractivity contribution in [3.63, 3.8) is 0 Å². The number of aliphatic hydroxyl groups excluding tert-OH is 1. The fourth-order valence-electron chi connectivity index (χ4n) is 11.1. The van der Waals surface area contributed by atoms with Gasteiger partial charge in [0.2, 0.25) is 11.8 Å². The third kappa shape index (κ3) is 11.8. The smallest absolute Gasteiger partial charge is 0.329 e. The summed E-state index contributed by atoms with van der Waals surface area (Å²) in [5.74, 6) is 7.31. The number of fused-ring (bicyclic) bond motifs is 1. The lowest BCUT2D eigenvalue weighted by Crippen LogP contribution is -2.59. The lowest BCUT2D eigenvalue weighted by molar-refractivity contribution is -0.158. The van der Waals surface area contributed by atoms with E-state index in [4.69, 9.17) is 23.2 Å². The molecule has 16 heteroatoms. The molecule has 0 bridgehead atoms. The van der Waals surface area contributed by atoms with Crippen LogP contribution in [0.1, 0.15) is 121 Å². The van der Waals surface area contributed by atoms with Crippen LogP contribution in [-0.4, -0.2) is 106 Å². The summed E-state index contributed by atoms with van der Waals surface area (Å²) in [5.41, 5.74) is 2.35. The van der Waals surface area contributed by atoms with Crippen LogP contribution < -0.4 is 15.5 Å². The highest BCUT2D eigenvalue weighted by Crippen LogP contribution is 2.53. The summed E-state index contributed by atoms with van der Waals surface area (Å²) in [6.07, 6.45) is 9.40. The first-order valence-corrected chi connectivity index (χ1v) is 27.2. The van der Waals surface area contributed by atoms with Gasteiger partial charge in [0, 0.05) is 71.7 Å². The van der Waals surface area contributed by atoms with E-state index < -0.39 is 44.8 Å². The minimum Gasteiger partial charge on any atom is -0.379 e. The van der Waals surface area contributed by atoms with E-state index in [1.54, 1.807) is 20.0 Å². The van der Waals surface area contributed by atoms with Crippen molar-refractivity contribution in [1.29, 1.82) is 0 Å². The maximum Gasteiger partial charge on any atom is 0.329 e. The van der Waals surface area contributed by atoms with Crippen LogP contribution in [0, 0.1) is 35.0 Å². The van der Waals surface area contributed by atoms with E-state index in [9.17, 15) is 23.1 Å². The fourth-order valence-corrected chi connectivity index (χ4v) is 12.8. The number of likely N-dealkylation sites (tertiary alicyclic amines) is 2. The van der Waals surface area contributed by atoms with Crippen LogP contribution in [0.25, 0.3) is 5.65 Å². The van der Waals surface area contributed by atoms with Crippen LogP contribution in [0.15, 0.2) is 73.1 Å². The van der Waals surface area contributed by atoms with Gasteiger partial charge in [-0.05, 0) is 131 Å². The van der Waals surface area contributed by atoms with Gasteiger partial charge in [0.25, 0.3) is 0 Å². The number of hydrogen-bond acceptors (Lipinski definition) is 9. The normalized spacial score (nSPS) is 25.2. The van der Waals surface area contributed by atoms with Gasteiger partial charge in [0.05, 0.1) is 28.7 Å². The number of rotatable bonds is 14. The monoisotopic (exact) mass is 999 g/mol. The van der Waals surface area contributed by atoms with Crippen molar-refractivity contribution >= 4 is 62.3 Å². The second-order valence-corrected chi connectivity index (χ2v) is 24.3. The highest BCUT2D eigenvalue weighted by Gasteiger charge is 2.53. The molecular formula is C53H67Cl2N7O6S. The summed E-state index contributed by atoms with van der Waals surface area (Å²) >= 11 is 13.0. The first-order valence-electron chi connectivity index (χ1n) is 24.7. The third-order valence-corrected chi connectivity index (χ3v) is 17.8. The van der Waals surface area contributed by atoms with Gasteiger partial charge in [-0.15, -0.1) is 0 Å². The number of imide groups is 1. The van der Waals surface area contributed by atoms with Crippen LogP contribution in [0.3, 0.4) is 0 Å². The Balaban J connectivity index is 0.877. The molecule has 13 nitrogen and oxygen atoms in total. The Morgan fingerprint density at radius 1 is 0.913 bits per heavy atom. The average molecular weight is 1000 g/mol. The van der Waals surface area contributed by atoms with Gasteiger partial charge in [-0.25, -0.2) is 18.2 Å². The number of nitrogens with zero attached hydrogens (tertiary/aromatic N) is 5. The lowest BCUT2D eigenvalue weighted by Gasteiger charge is -2.53. The van der Waals surface area contributed by atoms with Crippen LogP contribution in [0.5, 0.6) is 0 Å². The van der Waals surface area contributed by atoms with E-state index >= 15 is 4.79 Å². The summed E-state index contributed by atoms with van der Waals surface area (Å²) in [6.45, 7) is 12.6. The standard InChI is InChI=1S/C53H67Cl2N7O6S/c1-34(2)45(33-69(67,68)35(3)4)62-50(39-13-15-41(54)16-14-39)44(40-7-6-8-42(55)28-40)29-53(5,51(62)65)30-48(64)57-43-17-11-38(12-18-43)32-59-23-19-36(20-24-59)9-10-37-21-25-60-46(27-37)56-31-49(60)61-26-22-47(63)58-52(61)66/h6-8,13-16,21,25,27-28,31,34-36,38,43-45,48,50,57,64H,11-12,17-20,22-24,26,29-30,32-33H2,1-5H3,(H,58,63,66)/t38?,43?,44-,45-,48?,50-,53-/m1/s1. The zero-order valence-corrected chi connectivity index (χ0v) is 42.7. The first-order chi connectivity index (χ1) is 32.9. The maximum atomic E-state index is 15.3. The van der Waals surface area contributed by atoms with Crippen molar-refractivity contribution in [2.45, 2.75) is 128 Å². The first kappa shape index (κ1) is 50.9. The van der Waals surface area contributed by atoms with Gasteiger partial charge in [-0.3, -0.25) is 29.5 Å². The van der Waals surface area contributed by atoms with Crippen molar-refractivity contribution in [2.24, 2.45) is 23.2 Å². The van der Waals surface area contributed by atoms with Crippen LogP contribution in [0.4, 0.5) is 10.6 Å². The Morgan fingerprint density at radius 3 is 2.30 bits per heavy atom. The summed E-state index contributed by atoms with van der Waals surface area (Å²) in [6, 6.07) is 17.6. The molecule has 1 unspecified atom stereocenters. The molecule has 370 valence electrons. The third-order valence-electron chi connectivity index (χ3n) is 15.1. The van der Waals surface area contributed by atoms with Crippen molar-refractivity contribution in [3.05, 3.63) is 99.8 Å². The molecule has 0 radical (unpaired) electrons. The Labute approximate surface area is 417 Å². The summed E-state index contributed by atoms with van der Waals surface area (Å²) < 4.78 is 29.2. The van der Waals surface area contributed by atoms with Gasteiger partial charge in [-0.2, -0.15) is 0 Å². The molecule has 4 aliphatic rings. The molecule has 0 spiro atoms. The molecule has 2 aromatic carbocycles. The van der Waals surface area contributed by atoms with Gasteiger partial charge in [0.1, 0.15) is 17.7 Å². The second kappa shape index (κ2) is 21.5. The highest BCUT2D eigenvalue weighted by atomic mass is 35.5. The zero-order valence-electron chi connectivity index (χ0n) is 40.4. The molecule has 4 fully saturated rings. The Kier molecular flexibility index (Phi) is 15.8. The van der Waals surface area contributed by atoms with Crippen molar-refractivity contribution in [1.82, 2.24) is 29.8 Å². The number of aromatic nitrogens is 2. The molecule has 1 aliphatic carbocycles. The number of amides is 4. The number of nitrogens with one attached hydrogen (secondary N) is 2. The number of pyridine rings is 1. The molecule has 3 N–H and O–H groups in total. The number of aliphatic hydroxyl groups is 1. The summed E-state index contributed by atoms with van der Waals surface area (Å²) in [7, 11) is -3.56. The molecule has 3 aliphatic heterocycles. The predicted molar refractivity (Wildman–Crippen MR) is 272 cm³/mol. The number of carbonyl (C=O) groups excluding carboxylic acids is 3. The number of benzene rings is 2. The van der Waals surface area contributed by atoms with Crippen molar-refractivity contribution < 1.29 is 27.9 Å². The Morgan fingerprint density at radius 2 is 1.64 bits per heavy atom. The topological polar surface area (TPSA) is 157 Å².